The Hall–Kier alpha value is -5.93. The zero-order chi connectivity index (χ0) is 39.9. The van der Waals surface area contributed by atoms with Gasteiger partial charge in [-0.1, -0.05) is 113 Å². The van der Waals surface area contributed by atoms with Crippen molar-refractivity contribution in [2.24, 2.45) is 0 Å². The summed E-state index contributed by atoms with van der Waals surface area (Å²) >= 11 is 0. The summed E-state index contributed by atoms with van der Waals surface area (Å²) in [5.41, 5.74) is 9.44. The fourth-order valence-corrected chi connectivity index (χ4v) is 8.19. The fourth-order valence-electron chi connectivity index (χ4n) is 8.19. The number of aromatic hydroxyl groups is 1. The number of imidazole rings is 1. The number of fused-ring (bicyclic) bond motifs is 3. The summed E-state index contributed by atoms with van der Waals surface area (Å²) in [6.07, 6.45) is 0. The summed E-state index contributed by atoms with van der Waals surface area (Å²) in [6.45, 7) is 1.68. The highest BCUT2D eigenvalue weighted by Crippen LogP contribution is 2.47. The first-order valence-electron chi connectivity index (χ1n) is 18.3. The zero-order valence-electron chi connectivity index (χ0n) is 31.0. The van der Waals surface area contributed by atoms with Crippen LogP contribution in [0.1, 0.15) is 5.56 Å². The average Bonchev–Trinajstić information content (AvgIpc) is 3.63. The van der Waals surface area contributed by atoms with Gasteiger partial charge in [-0.2, -0.15) is 0 Å². The summed E-state index contributed by atoms with van der Waals surface area (Å²) in [5.74, 6) is 0.626. The van der Waals surface area contributed by atoms with Crippen molar-refractivity contribution < 1.29 is 5.11 Å². The van der Waals surface area contributed by atoms with Gasteiger partial charge < -0.3 is 5.11 Å². The molecule has 248 valence electrons. The van der Waals surface area contributed by atoms with Crippen LogP contribution in [0.5, 0.6) is 5.75 Å². The number of aromatic nitrogens is 2. The van der Waals surface area contributed by atoms with Crippen molar-refractivity contribution in [3.8, 4) is 56.2 Å². The van der Waals surface area contributed by atoms with E-state index in [1.54, 1.807) is 6.92 Å². The minimum atomic E-state index is -0.146. The van der Waals surface area contributed by atoms with Gasteiger partial charge in [0.2, 0.25) is 0 Å². The Balaban J connectivity index is 1.46. The van der Waals surface area contributed by atoms with Crippen LogP contribution < -0.4 is 43.7 Å². The molecule has 57 heavy (non-hydrogen) atoms. The van der Waals surface area contributed by atoms with Crippen molar-refractivity contribution in [2.45, 2.75) is 6.92 Å². The number of phenolic OH excluding ortho intramolecular Hbond substituents is 1. The highest BCUT2D eigenvalue weighted by Gasteiger charge is 2.25. The highest BCUT2D eigenvalue weighted by molar-refractivity contribution is 6.68. The molecule has 0 aliphatic rings. The number of nitrogens with zero attached hydrogens (tertiary/aromatic N) is 2. The van der Waals surface area contributed by atoms with Crippen LogP contribution in [0, 0.1) is 6.92 Å². The van der Waals surface area contributed by atoms with Crippen LogP contribution in [-0.2, 0) is 0 Å². The van der Waals surface area contributed by atoms with E-state index in [-0.39, 0.29) is 49.5 Å². The fraction of sp³-hybridized carbons (Fsp3) is 0.0217. The molecule has 0 fully saturated rings. The van der Waals surface area contributed by atoms with Gasteiger partial charge >= 0.3 is 0 Å². The summed E-state index contributed by atoms with van der Waals surface area (Å²) in [6, 6.07) is 40.5. The third-order valence-corrected chi connectivity index (χ3v) is 11.1. The molecule has 1 N–H and O–H groups in total. The monoisotopic (exact) mass is 708 g/mol. The molecule has 8 aromatic carbocycles. The van der Waals surface area contributed by atoms with Gasteiger partial charge in [-0.25, -0.2) is 4.98 Å². The first-order valence-corrected chi connectivity index (χ1v) is 18.3. The molecule has 9 rings (SSSR count). The van der Waals surface area contributed by atoms with Gasteiger partial charge in [0.1, 0.15) is 74.3 Å². The van der Waals surface area contributed by atoms with Crippen molar-refractivity contribution in [3.63, 3.8) is 0 Å². The molecule has 9 aromatic rings. The standard InChI is InChI=1S/C46H24B8N2O/c1-22-37(47)40(50)36(41(51)45(22)57)35-26-14-6-5-13-25(26)34(28-20-19-23(21-30(28)35)33-38(48)42(52)44(54)43(53)39(33)49)27-15-7-8-16-29(27)46-55-31-17-9-10-18-32(31)56(46)24-11-3-2-4-12-24/h2-21,57H,1H3. The summed E-state index contributed by atoms with van der Waals surface area (Å²) in [5, 5.41) is 14.6. The molecular weight excluding hydrogens is 683 g/mol. The molecule has 0 unspecified atom stereocenters. The Kier molecular flexibility index (Phi) is 8.96. The van der Waals surface area contributed by atoms with Gasteiger partial charge in [0.25, 0.3) is 0 Å². The van der Waals surface area contributed by atoms with Gasteiger partial charge in [-0.05, 0) is 103 Å². The van der Waals surface area contributed by atoms with E-state index < -0.39 is 0 Å². The molecule has 0 aliphatic carbocycles. The smallest absolute Gasteiger partial charge is 0.146 e. The Morgan fingerprint density at radius 2 is 1.00 bits per heavy atom. The van der Waals surface area contributed by atoms with Crippen LogP contribution in [0.25, 0.3) is 83.0 Å². The second kappa shape index (κ2) is 13.9. The van der Waals surface area contributed by atoms with Gasteiger partial charge in [0.15, 0.2) is 0 Å². The van der Waals surface area contributed by atoms with E-state index in [2.05, 4.69) is 41.0 Å². The summed E-state index contributed by atoms with van der Waals surface area (Å²) in [7, 11) is 52.4. The molecule has 3 nitrogen and oxygen atoms in total. The van der Waals surface area contributed by atoms with Crippen LogP contribution in [0.4, 0.5) is 0 Å². The first kappa shape index (κ1) is 36.7. The van der Waals surface area contributed by atoms with Crippen LogP contribution >= 0.6 is 0 Å². The molecule has 1 heterocycles. The number of para-hydroxylation sites is 3. The summed E-state index contributed by atoms with van der Waals surface area (Å²) < 4.78 is 2.19. The maximum atomic E-state index is 11.3. The third-order valence-electron chi connectivity index (χ3n) is 11.1. The Morgan fingerprint density at radius 3 is 1.70 bits per heavy atom. The van der Waals surface area contributed by atoms with Crippen LogP contribution in [0.2, 0.25) is 0 Å². The normalized spacial score (nSPS) is 11.5. The van der Waals surface area contributed by atoms with E-state index in [0.717, 1.165) is 60.8 Å². The number of phenols is 1. The highest BCUT2D eigenvalue weighted by atomic mass is 16.3. The lowest BCUT2D eigenvalue weighted by molar-refractivity contribution is 0.476. The molecule has 11 heteroatoms. The molecule has 0 spiro atoms. The molecule has 1 aromatic heterocycles. The molecule has 16 radical (unpaired) electrons. The molecule has 0 bridgehead atoms. The van der Waals surface area contributed by atoms with Crippen molar-refractivity contribution >= 4 is 139 Å². The maximum absolute atomic E-state index is 11.3. The predicted octanol–water partition coefficient (Wildman–Crippen LogP) is 2.36. The van der Waals surface area contributed by atoms with Crippen LogP contribution in [0.3, 0.4) is 0 Å². The molecule has 0 atom stereocenters. The number of hydrogen-bond acceptors (Lipinski definition) is 2. The van der Waals surface area contributed by atoms with Gasteiger partial charge in [0.05, 0.1) is 11.0 Å². The van der Waals surface area contributed by atoms with Gasteiger partial charge in [-0.3, -0.25) is 4.57 Å². The zero-order valence-corrected chi connectivity index (χ0v) is 31.0. The number of rotatable bonds is 5. The second-order valence-corrected chi connectivity index (χ2v) is 14.2. The van der Waals surface area contributed by atoms with E-state index in [4.69, 9.17) is 67.8 Å². The van der Waals surface area contributed by atoms with Gasteiger partial charge in [-0.15, -0.1) is 16.4 Å². The minimum absolute atomic E-state index is 0.0980. The molecule has 0 aliphatic heterocycles. The third kappa shape index (κ3) is 5.57. The van der Waals surface area contributed by atoms with Crippen molar-refractivity contribution in [3.05, 3.63) is 127 Å². The van der Waals surface area contributed by atoms with Crippen molar-refractivity contribution in [1.29, 1.82) is 0 Å². The number of benzene rings is 8. The Labute approximate surface area is 342 Å². The average molecular weight is 707 g/mol. The van der Waals surface area contributed by atoms with Crippen LogP contribution in [0.15, 0.2) is 121 Å². The van der Waals surface area contributed by atoms with E-state index >= 15 is 0 Å². The second-order valence-electron chi connectivity index (χ2n) is 14.2. The predicted molar refractivity (Wildman–Crippen MR) is 247 cm³/mol. The lowest BCUT2D eigenvalue weighted by Crippen LogP contribution is -2.55. The van der Waals surface area contributed by atoms with E-state index in [1.165, 1.54) is 0 Å². The van der Waals surface area contributed by atoms with E-state index in [9.17, 15) is 5.11 Å². The van der Waals surface area contributed by atoms with E-state index in [1.807, 2.05) is 84.9 Å². The minimum Gasteiger partial charge on any atom is -0.508 e. The largest absolute Gasteiger partial charge is 0.508 e. The topological polar surface area (TPSA) is 38.0 Å². The Bertz CT molecular complexity index is 3080. The maximum Gasteiger partial charge on any atom is 0.146 e. The molecular formula is C46H24B8N2O. The lowest BCUT2D eigenvalue weighted by Gasteiger charge is -2.25. The van der Waals surface area contributed by atoms with Gasteiger partial charge in [0, 0.05) is 11.3 Å². The van der Waals surface area contributed by atoms with Crippen molar-refractivity contribution in [1.82, 2.24) is 9.55 Å². The molecule has 0 amide bonds. The first-order chi connectivity index (χ1) is 27.5. The quantitative estimate of drug-likeness (QED) is 0.221. The molecule has 0 saturated heterocycles. The SMILES string of the molecule is [B]c1c([B])c([B])c(-c2ccc3c(-c4ccccc4-c4nc5ccccc5n4-c4ccccc4)c4ccccc4c(-c4c([B])c([B])c(C)c(O)c4[B])c3c2)c([B])c1[B]. The van der Waals surface area contributed by atoms with Crippen molar-refractivity contribution in [2.75, 3.05) is 0 Å². The van der Waals surface area contributed by atoms with E-state index in [0.29, 0.717) is 27.8 Å². The number of hydrogen-bond donors (Lipinski definition) is 1. The summed E-state index contributed by atoms with van der Waals surface area (Å²) in [4.78, 5) is 5.24. The molecule has 0 saturated carbocycles. The lowest BCUT2D eigenvalue weighted by atomic mass is 9.59. The Morgan fingerprint density at radius 1 is 0.456 bits per heavy atom. The van der Waals surface area contributed by atoms with Crippen LogP contribution in [-0.4, -0.2) is 77.4 Å².